The van der Waals surface area contributed by atoms with Crippen molar-refractivity contribution in [2.45, 2.75) is 33.5 Å². The fraction of sp³-hybridized carbons (Fsp3) is 0.478. The van der Waals surface area contributed by atoms with E-state index in [-0.39, 0.29) is 24.0 Å². The van der Waals surface area contributed by atoms with Crippen molar-refractivity contribution in [3.05, 3.63) is 65.5 Å². The summed E-state index contributed by atoms with van der Waals surface area (Å²) in [5, 5.41) is 6.71. The molecule has 1 aliphatic rings. The van der Waals surface area contributed by atoms with Crippen molar-refractivity contribution in [2.75, 3.05) is 39.3 Å². The van der Waals surface area contributed by atoms with Gasteiger partial charge >= 0.3 is 0 Å². The van der Waals surface area contributed by atoms with Gasteiger partial charge in [0.25, 0.3) is 0 Å². The molecule has 0 aliphatic carbocycles. The van der Waals surface area contributed by atoms with Crippen molar-refractivity contribution in [1.82, 2.24) is 25.4 Å². The van der Waals surface area contributed by atoms with Crippen LogP contribution >= 0.6 is 24.0 Å². The molecule has 0 atom stereocenters. The fourth-order valence-corrected chi connectivity index (χ4v) is 3.55. The topological polar surface area (TPSA) is 55.8 Å². The number of hydrogen-bond donors (Lipinski definition) is 2. The molecule has 1 aromatic heterocycles. The van der Waals surface area contributed by atoms with E-state index in [2.05, 4.69) is 63.5 Å². The second kappa shape index (κ2) is 13.6. The van der Waals surface area contributed by atoms with Crippen LogP contribution in [0.15, 0.2) is 53.7 Å². The zero-order valence-corrected chi connectivity index (χ0v) is 20.5. The molecule has 0 saturated carbocycles. The molecule has 1 aromatic carbocycles. The first-order valence-corrected chi connectivity index (χ1v) is 10.7. The first-order chi connectivity index (χ1) is 14.3. The van der Waals surface area contributed by atoms with Gasteiger partial charge in [-0.1, -0.05) is 37.3 Å². The van der Waals surface area contributed by atoms with E-state index in [1.165, 1.54) is 24.2 Å². The molecule has 1 aliphatic heterocycles. The number of aliphatic imine (C=N–C) groups is 1. The SMILES string of the molecule is CCNC(=NCc1ccccc1CN1CCN(CC)CC1)NCc1ccccn1.I. The maximum Gasteiger partial charge on any atom is 0.191 e. The largest absolute Gasteiger partial charge is 0.357 e. The van der Waals surface area contributed by atoms with E-state index in [9.17, 15) is 0 Å². The number of guanidine groups is 1. The number of piperazine rings is 1. The predicted octanol–water partition coefficient (Wildman–Crippen LogP) is 3.09. The van der Waals surface area contributed by atoms with E-state index in [1.54, 1.807) is 0 Å². The Balaban J connectivity index is 0.00000320. The smallest absolute Gasteiger partial charge is 0.191 e. The molecule has 0 amide bonds. The normalized spacial score (nSPS) is 15.5. The Hall–Kier alpha value is -1.71. The highest BCUT2D eigenvalue weighted by Gasteiger charge is 2.16. The lowest BCUT2D eigenvalue weighted by molar-refractivity contribution is 0.131. The summed E-state index contributed by atoms with van der Waals surface area (Å²) in [6.45, 7) is 13.3. The van der Waals surface area contributed by atoms with Gasteiger partial charge in [0.1, 0.15) is 0 Å². The van der Waals surface area contributed by atoms with Gasteiger partial charge in [0.15, 0.2) is 5.96 Å². The molecule has 7 heteroatoms. The van der Waals surface area contributed by atoms with Crippen molar-refractivity contribution in [2.24, 2.45) is 4.99 Å². The molecule has 164 valence electrons. The number of rotatable bonds is 8. The van der Waals surface area contributed by atoms with Gasteiger partial charge in [-0.05, 0) is 36.7 Å². The highest BCUT2D eigenvalue weighted by molar-refractivity contribution is 14.0. The summed E-state index contributed by atoms with van der Waals surface area (Å²) in [7, 11) is 0. The van der Waals surface area contributed by atoms with Crippen molar-refractivity contribution >= 4 is 29.9 Å². The van der Waals surface area contributed by atoms with Crippen molar-refractivity contribution in [3.63, 3.8) is 0 Å². The Bertz CT molecular complexity index is 759. The van der Waals surface area contributed by atoms with Crippen LogP contribution in [-0.4, -0.2) is 60.0 Å². The minimum absolute atomic E-state index is 0. The van der Waals surface area contributed by atoms with Crippen LogP contribution in [0.3, 0.4) is 0 Å². The lowest BCUT2D eigenvalue weighted by Crippen LogP contribution is -2.45. The summed E-state index contributed by atoms with van der Waals surface area (Å²) in [6, 6.07) is 14.6. The van der Waals surface area contributed by atoms with Gasteiger partial charge in [-0.3, -0.25) is 9.88 Å². The summed E-state index contributed by atoms with van der Waals surface area (Å²) in [5.41, 5.74) is 3.67. The summed E-state index contributed by atoms with van der Waals surface area (Å²) < 4.78 is 0. The van der Waals surface area contributed by atoms with E-state index in [0.29, 0.717) is 13.1 Å². The summed E-state index contributed by atoms with van der Waals surface area (Å²) in [5.74, 6) is 0.824. The van der Waals surface area contributed by atoms with Crippen LogP contribution in [0, 0.1) is 0 Å². The van der Waals surface area contributed by atoms with Crippen LogP contribution in [0.4, 0.5) is 0 Å². The molecule has 2 aromatic rings. The average Bonchev–Trinajstić information content (AvgIpc) is 2.78. The number of hydrogen-bond acceptors (Lipinski definition) is 4. The Morgan fingerprint density at radius 2 is 1.63 bits per heavy atom. The second-order valence-electron chi connectivity index (χ2n) is 7.35. The van der Waals surface area contributed by atoms with Gasteiger partial charge in [0.05, 0.1) is 18.8 Å². The first-order valence-electron chi connectivity index (χ1n) is 10.7. The third kappa shape index (κ3) is 7.85. The second-order valence-corrected chi connectivity index (χ2v) is 7.35. The van der Waals surface area contributed by atoms with Gasteiger partial charge in [0, 0.05) is 45.5 Å². The molecule has 1 fully saturated rings. The number of halogens is 1. The Kier molecular flexibility index (Phi) is 11.1. The molecule has 2 N–H and O–H groups in total. The number of nitrogens with one attached hydrogen (secondary N) is 2. The number of benzene rings is 1. The maximum absolute atomic E-state index is 4.82. The van der Waals surface area contributed by atoms with Crippen LogP contribution in [0.25, 0.3) is 0 Å². The lowest BCUT2D eigenvalue weighted by atomic mass is 10.1. The molecule has 6 nitrogen and oxygen atoms in total. The zero-order chi connectivity index (χ0) is 20.3. The van der Waals surface area contributed by atoms with Gasteiger partial charge in [-0.25, -0.2) is 4.99 Å². The highest BCUT2D eigenvalue weighted by Crippen LogP contribution is 2.14. The third-order valence-electron chi connectivity index (χ3n) is 5.34. The van der Waals surface area contributed by atoms with E-state index >= 15 is 0 Å². The van der Waals surface area contributed by atoms with Gasteiger partial charge in [-0.2, -0.15) is 0 Å². The molecule has 0 unspecified atom stereocenters. The third-order valence-corrected chi connectivity index (χ3v) is 5.34. The molecule has 1 saturated heterocycles. The number of likely N-dealkylation sites (N-methyl/N-ethyl adjacent to an activating group) is 1. The summed E-state index contributed by atoms with van der Waals surface area (Å²) in [4.78, 5) is 14.3. The van der Waals surface area contributed by atoms with Crippen molar-refractivity contribution in [1.29, 1.82) is 0 Å². The van der Waals surface area contributed by atoms with E-state index in [1.807, 2.05) is 24.4 Å². The minimum atomic E-state index is 0. The van der Waals surface area contributed by atoms with E-state index in [4.69, 9.17) is 4.99 Å². The number of nitrogens with zero attached hydrogens (tertiary/aromatic N) is 4. The molecule has 0 radical (unpaired) electrons. The van der Waals surface area contributed by atoms with Gasteiger partial charge in [0.2, 0.25) is 0 Å². The summed E-state index contributed by atoms with van der Waals surface area (Å²) >= 11 is 0. The Morgan fingerprint density at radius 3 is 2.30 bits per heavy atom. The predicted molar refractivity (Wildman–Crippen MR) is 135 cm³/mol. The molecule has 30 heavy (non-hydrogen) atoms. The Labute approximate surface area is 198 Å². The molecule has 0 bridgehead atoms. The lowest BCUT2D eigenvalue weighted by Gasteiger charge is -2.34. The Morgan fingerprint density at radius 1 is 0.933 bits per heavy atom. The van der Waals surface area contributed by atoms with Crippen molar-refractivity contribution < 1.29 is 0 Å². The summed E-state index contributed by atoms with van der Waals surface area (Å²) in [6.07, 6.45) is 1.82. The van der Waals surface area contributed by atoms with Crippen LogP contribution in [0.2, 0.25) is 0 Å². The first kappa shape index (κ1) is 24.6. The minimum Gasteiger partial charge on any atom is -0.357 e. The van der Waals surface area contributed by atoms with Crippen LogP contribution in [-0.2, 0) is 19.6 Å². The number of pyridine rings is 1. The van der Waals surface area contributed by atoms with Crippen LogP contribution < -0.4 is 10.6 Å². The van der Waals surface area contributed by atoms with Crippen LogP contribution in [0.5, 0.6) is 0 Å². The average molecular weight is 522 g/mol. The molecular weight excluding hydrogens is 487 g/mol. The van der Waals surface area contributed by atoms with Gasteiger partial charge < -0.3 is 15.5 Å². The highest BCUT2D eigenvalue weighted by atomic mass is 127. The maximum atomic E-state index is 4.82. The molecule has 0 spiro atoms. The molecule has 3 rings (SSSR count). The number of aromatic nitrogens is 1. The van der Waals surface area contributed by atoms with Crippen LogP contribution in [0.1, 0.15) is 30.7 Å². The van der Waals surface area contributed by atoms with E-state index < -0.39 is 0 Å². The fourth-order valence-electron chi connectivity index (χ4n) is 3.55. The van der Waals surface area contributed by atoms with E-state index in [0.717, 1.165) is 44.4 Å². The monoisotopic (exact) mass is 522 g/mol. The zero-order valence-electron chi connectivity index (χ0n) is 18.2. The molecular formula is C23H35IN6. The molecule has 2 heterocycles. The van der Waals surface area contributed by atoms with Crippen molar-refractivity contribution in [3.8, 4) is 0 Å². The quantitative estimate of drug-likeness (QED) is 0.317. The van der Waals surface area contributed by atoms with Gasteiger partial charge in [-0.15, -0.1) is 24.0 Å². The standard InChI is InChI=1S/C23H34N6.HI/c1-3-24-23(27-18-22-11-7-8-12-25-22)26-17-20-9-5-6-10-21(20)19-29-15-13-28(4-2)14-16-29;/h5-12H,3-4,13-19H2,1-2H3,(H2,24,26,27);1H.